The minimum atomic E-state index is -4.15. The molecular weight excluding hydrogens is 345 g/mol. The van der Waals surface area contributed by atoms with Crippen LogP contribution in [0.3, 0.4) is 0 Å². The average molecular weight is 367 g/mol. The maximum atomic E-state index is 11.9. The highest BCUT2D eigenvalue weighted by atomic mass is 31.2. The zero-order valence-corrected chi connectivity index (χ0v) is 15.2. The van der Waals surface area contributed by atoms with Crippen LogP contribution < -0.4 is 5.50 Å². The van der Waals surface area contributed by atoms with Crippen LogP contribution in [0.15, 0.2) is 91.0 Å². The van der Waals surface area contributed by atoms with Gasteiger partial charge in [-0.15, -0.1) is 0 Å². The second-order valence-electron chi connectivity index (χ2n) is 6.20. The molecule has 0 spiro atoms. The van der Waals surface area contributed by atoms with E-state index in [0.29, 0.717) is 6.42 Å². The van der Waals surface area contributed by atoms with Crippen molar-refractivity contribution in [1.29, 1.82) is 0 Å². The molecule has 3 aromatic rings. The fourth-order valence-corrected chi connectivity index (χ4v) is 3.78. The summed E-state index contributed by atoms with van der Waals surface area (Å²) in [5.41, 5.74) is 8.40. The molecule has 0 radical (unpaired) electrons. The lowest BCUT2D eigenvalue weighted by atomic mass is 9.84. The van der Waals surface area contributed by atoms with Gasteiger partial charge in [-0.2, -0.15) is 0 Å². The van der Waals surface area contributed by atoms with Crippen molar-refractivity contribution in [2.45, 2.75) is 18.4 Å². The molecule has 0 heterocycles. The predicted octanol–water partition coefficient (Wildman–Crippen LogP) is 4.51. The van der Waals surface area contributed by atoms with Crippen LogP contribution >= 0.6 is 7.75 Å². The fourth-order valence-electron chi connectivity index (χ4n) is 3.20. The topological polar surface area (TPSA) is 72.6 Å². The van der Waals surface area contributed by atoms with Crippen LogP contribution in [0, 0.1) is 0 Å². The maximum Gasteiger partial charge on any atom is 0.400 e. The summed E-state index contributed by atoms with van der Waals surface area (Å²) in [5, 5.41) is 0. The first-order valence-corrected chi connectivity index (χ1v) is 10.1. The minimum Gasteiger partial charge on any atom is -0.313 e. The minimum absolute atomic E-state index is 0.221. The third-order valence-corrected chi connectivity index (χ3v) is 4.83. The van der Waals surface area contributed by atoms with E-state index in [1.165, 1.54) is 0 Å². The first-order chi connectivity index (χ1) is 12.5. The zero-order valence-electron chi connectivity index (χ0n) is 14.3. The second-order valence-corrected chi connectivity index (χ2v) is 7.54. The lowest BCUT2D eigenvalue weighted by Gasteiger charge is -2.29. The smallest absolute Gasteiger partial charge is 0.313 e. The largest absolute Gasteiger partial charge is 0.400 e. The van der Waals surface area contributed by atoms with Gasteiger partial charge in [0.25, 0.3) is 0 Å². The number of hydrogen-bond acceptors (Lipinski definition) is 2. The van der Waals surface area contributed by atoms with E-state index < -0.39 is 13.9 Å². The summed E-state index contributed by atoms with van der Waals surface area (Å²) in [5.74, 6) is -0.221. The molecule has 0 aliphatic rings. The molecule has 3 aromatic carbocycles. The van der Waals surface area contributed by atoms with Crippen LogP contribution in [0.4, 0.5) is 0 Å². The number of rotatable bonds is 7. The Bertz CT molecular complexity index is 811. The van der Waals surface area contributed by atoms with Crippen LogP contribution in [0.5, 0.6) is 0 Å². The molecule has 3 N–H and O–H groups in total. The molecule has 0 bridgehead atoms. The van der Waals surface area contributed by atoms with E-state index in [1.54, 1.807) is 0 Å². The molecule has 0 saturated carbocycles. The summed E-state index contributed by atoms with van der Waals surface area (Å²) in [4.78, 5) is 9.72. The average Bonchev–Trinajstić information content (AvgIpc) is 2.63. The summed E-state index contributed by atoms with van der Waals surface area (Å²) in [6, 6.07) is 29.4. The summed E-state index contributed by atoms with van der Waals surface area (Å²) in [6.45, 7) is 0. The van der Waals surface area contributed by atoms with Gasteiger partial charge in [-0.3, -0.25) is 4.52 Å². The predicted molar refractivity (Wildman–Crippen MR) is 104 cm³/mol. The monoisotopic (exact) mass is 367 g/mol. The van der Waals surface area contributed by atoms with Crippen LogP contribution in [0.2, 0.25) is 0 Å². The molecule has 0 fully saturated rings. The molecular formula is C21H22NO3P. The molecule has 0 saturated heterocycles. The van der Waals surface area contributed by atoms with E-state index in [0.717, 1.165) is 16.7 Å². The summed E-state index contributed by atoms with van der Waals surface area (Å²) in [6.07, 6.45) is -0.111. The lowest BCUT2D eigenvalue weighted by Crippen LogP contribution is -2.26. The van der Waals surface area contributed by atoms with E-state index in [1.807, 2.05) is 91.0 Å². The van der Waals surface area contributed by atoms with Gasteiger partial charge in [0.15, 0.2) is 0 Å². The third kappa shape index (κ3) is 5.13. The number of nitrogens with two attached hydrogens (primary N) is 1. The van der Waals surface area contributed by atoms with E-state index in [9.17, 15) is 9.46 Å². The van der Waals surface area contributed by atoms with Gasteiger partial charge >= 0.3 is 7.75 Å². The molecule has 0 aliphatic carbocycles. The van der Waals surface area contributed by atoms with E-state index in [-0.39, 0.29) is 5.92 Å². The Labute approximate surface area is 153 Å². The van der Waals surface area contributed by atoms with E-state index in [2.05, 4.69) is 0 Å². The van der Waals surface area contributed by atoms with Gasteiger partial charge in [0.05, 0.1) is 6.10 Å². The Kier molecular flexibility index (Phi) is 6.02. The molecule has 26 heavy (non-hydrogen) atoms. The van der Waals surface area contributed by atoms with Crippen molar-refractivity contribution in [2.24, 2.45) is 5.50 Å². The molecule has 5 heteroatoms. The van der Waals surface area contributed by atoms with Gasteiger partial charge in [-0.05, 0) is 16.7 Å². The Morgan fingerprint density at radius 2 is 1.23 bits per heavy atom. The Hall–Kier alpha value is -2.23. The Balaban J connectivity index is 2.04. The van der Waals surface area contributed by atoms with Crippen molar-refractivity contribution in [2.75, 3.05) is 0 Å². The Morgan fingerprint density at radius 3 is 1.65 bits per heavy atom. The number of hydrogen-bond donors (Lipinski definition) is 2. The van der Waals surface area contributed by atoms with Gasteiger partial charge < -0.3 is 4.89 Å². The van der Waals surface area contributed by atoms with E-state index in [4.69, 9.17) is 10.0 Å². The first-order valence-electron chi connectivity index (χ1n) is 8.46. The van der Waals surface area contributed by atoms with Crippen molar-refractivity contribution in [3.05, 3.63) is 108 Å². The van der Waals surface area contributed by atoms with Gasteiger partial charge in [-0.1, -0.05) is 91.0 Å². The Morgan fingerprint density at radius 1 is 0.808 bits per heavy atom. The highest BCUT2D eigenvalue weighted by Crippen LogP contribution is 2.41. The fraction of sp³-hybridized carbons (Fsp3) is 0.143. The van der Waals surface area contributed by atoms with E-state index >= 15 is 0 Å². The van der Waals surface area contributed by atoms with Crippen LogP contribution in [-0.4, -0.2) is 11.0 Å². The highest BCUT2D eigenvalue weighted by Gasteiger charge is 2.31. The second kappa shape index (κ2) is 8.43. The van der Waals surface area contributed by atoms with Crippen LogP contribution in [0.25, 0.3) is 0 Å². The molecule has 0 aromatic heterocycles. The molecule has 2 atom stereocenters. The quantitative estimate of drug-likeness (QED) is 0.603. The van der Waals surface area contributed by atoms with Crippen molar-refractivity contribution in [1.82, 2.24) is 0 Å². The number of benzene rings is 3. The zero-order chi connectivity index (χ0) is 18.4. The van der Waals surface area contributed by atoms with Crippen molar-refractivity contribution in [3.8, 4) is 0 Å². The molecule has 134 valence electrons. The molecule has 0 aliphatic heterocycles. The normalized spacial score (nSPS) is 14.7. The van der Waals surface area contributed by atoms with Crippen LogP contribution in [-0.2, 0) is 15.5 Å². The lowest BCUT2D eigenvalue weighted by molar-refractivity contribution is 0.158. The summed E-state index contributed by atoms with van der Waals surface area (Å²) >= 11 is 0. The maximum absolute atomic E-state index is 11.9. The van der Waals surface area contributed by atoms with Crippen LogP contribution in [0.1, 0.15) is 22.6 Å². The molecule has 4 nitrogen and oxygen atoms in total. The van der Waals surface area contributed by atoms with Gasteiger partial charge in [0.1, 0.15) is 0 Å². The van der Waals surface area contributed by atoms with Gasteiger partial charge in [0.2, 0.25) is 0 Å². The highest BCUT2D eigenvalue weighted by molar-refractivity contribution is 7.50. The molecule has 1 unspecified atom stereocenters. The van der Waals surface area contributed by atoms with Crippen molar-refractivity contribution < 1.29 is 14.0 Å². The summed E-state index contributed by atoms with van der Waals surface area (Å²) in [7, 11) is -4.15. The summed E-state index contributed by atoms with van der Waals surface area (Å²) < 4.78 is 17.4. The molecule has 0 amide bonds. The molecule has 3 rings (SSSR count). The van der Waals surface area contributed by atoms with Gasteiger partial charge in [-0.25, -0.2) is 10.1 Å². The first kappa shape index (κ1) is 18.6. The van der Waals surface area contributed by atoms with Crippen molar-refractivity contribution in [3.63, 3.8) is 0 Å². The SMILES string of the molecule is NP(=O)(O)O[C@@H](Cc1ccccc1)C(c1ccccc1)c1ccccc1. The van der Waals surface area contributed by atoms with Gasteiger partial charge in [0, 0.05) is 12.3 Å². The van der Waals surface area contributed by atoms with Crippen molar-refractivity contribution >= 4 is 7.75 Å². The third-order valence-electron chi connectivity index (χ3n) is 4.26. The standard InChI is InChI=1S/C21H22NO3P/c22-26(23,24)25-20(16-17-10-4-1-5-11-17)21(18-12-6-2-7-13-18)19-14-8-3-9-15-19/h1-15,20-21H,16H2,(H3,22,23,24)/t20-/m0/s1.